The average Bonchev–Trinajstić information content (AvgIpc) is 2.73. The number of halogens is 1. The Bertz CT molecular complexity index is 819. The van der Waals surface area contributed by atoms with Gasteiger partial charge in [0.15, 0.2) is 0 Å². The SMILES string of the molecule is C=CCN(C)CCCCCCOc1ccc2c(c1)N=CNC2c1ccc(Br)cc1. The van der Waals surface area contributed by atoms with Crippen LogP contribution in [0.25, 0.3) is 0 Å². The van der Waals surface area contributed by atoms with Gasteiger partial charge in [-0.25, -0.2) is 4.99 Å². The maximum absolute atomic E-state index is 5.97. The van der Waals surface area contributed by atoms with E-state index in [2.05, 4.69) is 81.2 Å². The second kappa shape index (κ2) is 11.2. The number of aliphatic imine (C=N–C) groups is 1. The summed E-state index contributed by atoms with van der Waals surface area (Å²) in [6.07, 6.45) is 8.47. The van der Waals surface area contributed by atoms with Crippen molar-refractivity contribution in [2.75, 3.05) is 26.7 Å². The molecular weight excluding hydrogens is 426 g/mol. The first-order chi connectivity index (χ1) is 14.2. The van der Waals surface area contributed by atoms with Gasteiger partial charge in [-0.15, -0.1) is 6.58 Å². The number of likely N-dealkylation sites (N-methyl/N-ethyl adjacent to an activating group) is 1. The highest BCUT2D eigenvalue weighted by Gasteiger charge is 2.19. The normalized spacial score (nSPS) is 15.1. The third kappa shape index (κ3) is 6.44. The molecule has 29 heavy (non-hydrogen) atoms. The minimum absolute atomic E-state index is 0.115. The third-order valence-electron chi connectivity index (χ3n) is 5.10. The lowest BCUT2D eigenvalue weighted by Crippen LogP contribution is -2.23. The minimum Gasteiger partial charge on any atom is -0.494 e. The highest BCUT2D eigenvalue weighted by atomic mass is 79.9. The number of rotatable bonds is 11. The van der Waals surface area contributed by atoms with Gasteiger partial charge in [-0.1, -0.05) is 53.0 Å². The Morgan fingerprint density at radius 1 is 1.14 bits per heavy atom. The highest BCUT2D eigenvalue weighted by molar-refractivity contribution is 9.10. The van der Waals surface area contributed by atoms with Gasteiger partial charge >= 0.3 is 0 Å². The summed E-state index contributed by atoms with van der Waals surface area (Å²) in [5, 5.41) is 3.36. The molecule has 1 aliphatic rings. The zero-order valence-corrected chi connectivity index (χ0v) is 18.7. The summed E-state index contributed by atoms with van der Waals surface area (Å²) in [5.41, 5.74) is 3.36. The van der Waals surface area contributed by atoms with Crippen LogP contribution in [-0.4, -0.2) is 38.0 Å². The number of nitrogens with zero attached hydrogens (tertiary/aromatic N) is 2. The topological polar surface area (TPSA) is 36.9 Å². The molecule has 1 N–H and O–H groups in total. The lowest BCUT2D eigenvalue weighted by atomic mass is 9.96. The fraction of sp³-hybridized carbons (Fsp3) is 0.375. The molecule has 1 unspecified atom stereocenters. The predicted octanol–water partition coefficient (Wildman–Crippen LogP) is 5.86. The Morgan fingerprint density at radius 2 is 1.93 bits per heavy atom. The first kappa shape index (κ1) is 21.6. The Hall–Kier alpha value is -2.11. The van der Waals surface area contributed by atoms with Crippen LogP contribution >= 0.6 is 15.9 Å². The van der Waals surface area contributed by atoms with Crippen LogP contribution in [0.5, 0.6) is 5.75 Å². The van der Waals surface area contributed by atoms with Gasteiger partial charge in [0.25, 0.3) is 0 Å². The quantitative estimate of drug-likeness (QED) is 0.340. The van der Waals surface area contributed by atoms with E-state index < -0.39 is 0 Å². The molecule has 3 rings (SSSR count). The first-order valence-corrected chi connectivity index (χ1v) is 11.1. The lowest BCUT2D eigenvalue weighted by molar-refractivity contribution is 0.300. The Kier molecular flexibility index (Phi) is 8.32. The van der Waals surface area contributed by atoms with Crippen LogP contribution in [0, 0.1) is 0 Å². The Balaban J connectivity index is 1.46. The van der Waals surface area contributed by atoms with Crippen molar-refractivity contribution in [2.45, 2.75) is 31.7 Å². The zero-order valence-electron chi connectivity index (χ0n) is 17.1. The van der Waals surface area contributed by atoms with Crippen LogP contribution in [0.15, 0.2) is 64.6 Å². The summed E-state index contributed by atoms with van der Waals surface area (Å²) < 4.78 is 7.05. The van der Waals surface area contributed by atoms with Gasteiger partial charge in [0.1, 0.15) is 5.75 Å². The van der Waals surface area contributed by atoms with Gasteiger partial charge in [-0.05, 0) is 50.2 Å². The van der Waals surface area contributed by atoms with Crippen molar-refractivity contribution >= 4 is 28.0 Å². The van der Waals surface area contributed by atoms with E-state index >= 15 is 0 Å². The van der Waals surface area contributed by atoms with Gasteiger partial charge < -0.3 is 15.0 Å². The van der Waals surface area contributed by atoms with Gasteiger partial charge in [-0.2, -0.15) is 0 Å². The molecular formula is C24H30BrN3O. The number of fused-ring (bicyclic) bond motifs is 1. The fourth-order valence-corrected chi connectivity index (χ4v) is 3.77. The van der Waals surface area contributed by atoms with Crippen LogP contribution in [0.2, 0.25) is 0 Å². The van der Waals surface area contributed by atoms with Crippen LogP contribution in [-0.2, 0) is 0 Å². The second-order valence-electron chi connectivity index (χ2n) is 7.44. The molecule has 5 heteroatoms. The molecule has 1 heterocycles. The number of hydrogen-bond acceptors (Lipinski definition) is 4. The van der Waals surface area contributed by atoms with E-state index in [1.807, 2.05) is 12.1 Å². The molecule has 2 aromatic rings. The van der Waals surface area contributed by atoms with Crippen molar-refractivity contribution in [1.29, 1.82) is 0 Å². The molecule has 4 nitrogen and oxygen atoms in total. The molecule has 0 saturated heterocycles. The van der Waals surface area contributed by atoms with E-state index in [9.17, 15) is 0 Å². The van der Waals surface area contributed by atoms with Crippen molar-refractivity contribution in [3.8, 4) is 5.75 Å². The summed E-state index contributed by atoms with van der Waals surface area (Å²) in [7, 11) is 2.14. The van der Waals surface area contributed by atoms with Gasteiger partial charge in [0.05, 0.1) is 24.7 Å². The van der Waals surface area contributed by atoms with Crippen LogP contribution in [0.4, 0.5) is 5.69 Å². The molecule has 0 bridgehead atoms. The van der Waals surface area contributed by atoms with E-state index in [-0.39, 0.29) is 6.04 Å². The lowest BCUT2D eigenvalue weighted by Gasteiger charge is -2.24. The predicted molar refractivity (Wildman–Crippen MR) is 125 cm³/mol. The molecule has 0 radical (unpaired) electrons. The molecule has 0 aromatic heterocycles. The van der Waals surface area contributed by atoms with Gasteiger partial charge in [-0.3, -0.25) is 0 Å². The molecule has 0 amide bonds. The molecule has 0 spiro atoms. The summed E-state index contributed by atoms with van der Waals surface area (Å²) in [5.74, 6) is 0.892. The summed E-state index contributed by atoms with van der Waals surface area (Å²) in [6.45, 7) is 6.61. The van der Waals surface area contributed by atoms with Gasteiger partial charge in [0.2, 0.25) is 0 Å². The Labute approximate surface area is 182 Å². The van der Waals surface area contributed by atoms with Crippen LogP contribution < -0.4 is 10.1 Å². The zero-order chi connectivity index (χ0) is 20.5. The monoisotopic (exact) mass is 455 g/mol. The summed E-state index contributed by atoms with van der Waals surface area (Å²) in [4.78, 5) is 6.81. The van der Waals surface area contributed by atoms with E-state index in [4.69, 9.17) is 4.74 Å². The number of nitrogens with one attached hydrogen (secondary N) is 1. The molecule has 1 atom stereocenters. The third-order valence-corrected chi connectivity index (χ3v) is 5.63. The van der Waals surface area contributed by atoms with E-state index in [0.29, 0.717) is 0 Å². The first-order valence-electron chi connectivity index (χ1n) is 10.3. The highest BCUT2D eigenvalue weighted by Crippen LogP contribution is 2.35. The van der Waals surface area contributed by atoms with Crippen molar-refractivity contribution < 1.29 is 4.74 Å². The van der Waals surface area contributed by atoms with Gasteiger partial charge in [0, 0.05) is 22.6 Å². The summed E-state index contributed by atoms with van der Waals surface area (Å²) in [6, 6.07) is 14.7. The van der Waals surface area contributed by atoms with Crippen molar-refractivity contribution in [3.05, 3.63) is 70.7 Å². The molecule has 154 valence electrons. The van der Waals surface area contributed by atoms with Crippen molar-refractivity contribution in [1.82, 2.24) is 10.2 Å². The smallest absolute Gasteiger partial charge is 0.121 e. The maximum Gasteiger partial charge on any atom is 0.121 e. The molecule has 1 aliphatic heterocycles. The molecule has 2 aromatic carbocycles. The number of unbranched alkanes of at least 4 members (excludes halogenated alkanes) is 3. The van der Waals surface area contributed by atoms with E-state index in [0.717, 1.165) is 42.0 Å². The van der Waals surface area contributed by atoms with Crippen LogP contribution in [0.1, 0.15) is 42.9 Å². The number of hydrogen-bond donors (Lipinski definition) is 1. The minimum atomic E-state index is 0.115. The maximum atomic E-state index is 5.97. The largest absolute Gasteiger partial charge is 0.494 e. The second-order valence-corrected chi connectivity index (χ2v) is 8.36. The van der Waals surface area contributed by atoms with E-state index in [1.165, 1.54) is 30.4 Å². The fourth-order valence-electron chi connectivity index (χ4n) is 3.51. The molecule has 0 fully saturated rings. The van der Waals surface area contributed by atoms with Crippen molar-refractivity contribution in [3.63, 3.8) is 0 Å². The van der Waals surface area contributed by atoms with Crippen molar-refractivity contribution in [2.24, 2.45) is 4.99 Å². The van der Waals surface area contributed by atoms with Crippen LogP contribution in [0.3, 0.4) is 0 Å². The van der Waals surface area contributed by atoms with E-state index in [1.54, 1.807) is 6.34 Å². The number of benzene rings is 2. The summed E-state index contributed by atoms with van der Waals surface area (Å²) >= 11 is 3.50. The molecule has 0 aliphatic carbocycles. The standard InChI is InChI=1S/C24H30BrN3O/c1-3-14-28(2)15-6-4-5-7-16-29-21-12-13-22-23(17-21)26-18-27-24(22)19-8-10-20(25)11-9-19/h3,8-13,17-18,24H,1,4-7,14-16H2,2H3,(H,26,27). The molecule has 0 saturated carbocycles. The average molecular weight is 456 g/mol. The number of ether oxygens (including phenoxy) is 1. The Morgan fingerprint density at radius 3 is 2.72 bits per heavy atom.